The fourth-order valence-electron chi connectivity index (χ4n) is 3.47. The van der Waals surface area contributed by atoms with Crippen LogP contribution in [-0.2, 0) is 6.42 Å². The molecule has 4 rings (SSSR count). The molecule has 0 saturated heterocycles. The van der Waals surface area contributed by atoms with Crippen molar-refractivity contribution in [2.75, 3.05) is 0 Å². The normalized spacial score (nSPS) is 17.0. The summed E-state index contributed by atoms with van der Waals surface area (Å²) in [5.74, 6) is 0. The fraction of sp³-hybridized carbons (Fsp3) is 0.286. The van der Waals surface area contributed by atoms with E-state index >= 15 is 0 Å². The summed E-state index contributed by atoms with van der Waals surface area (Å²) in [6.07, 6.45) is 8.50. The molecule has 0 atom stereocenters. The number of aliphatic imine (C=N–C) groups is 1. The maximum atomic E-state index is 4.81. The summed E-state index contributed by atoms with van der Waals surface area (Å²) in [6, 6.07) is 15.5. The zero-order valence-electron chi connectivity index (χ0n) is 13.1. The van der Waals surface area contributed by atoms with E-state index in [1.54, 1.807) is 0 Å². The molecule has 1 nitrogen and oxygen atoms in total. The Labute approximate surface area is 132 Å². The standard InChI is InChI=1S/C21H21N/c1-15-7-12-20-19(13-15)14-21(22-20)18-10-8-17(9-11-18)16-5-3-2-4-6-16/h5,7-13H,2-4,6,14H2,1H3. The van der Waals surface area contributed by atoms with Crippen LogP contribution in [-0.4, -0.2) is 5.71 Å². The van der Waals surface area contributed by atoms with Gasteiger partial charge in [0.2, 0.25) is 0 Å². The maximum absolute atomic E-state index is 4.81. The van der Waals surface area contributed by atoms with Crippen LogP contribution in [0.1, 0.15) is 47.9 Å². The number of allylic oxidation sites excluding steroid dienone is 2. The molecule has 1 aliphatic heterocycles. The van der Waals surface area contributed by atoms with E-state index in [0.717, 1.165) is 12.1 Å². The van der Waals surface area contributed by atoms with E-state index in [2.05, 4.69) is 55.5 Å². The van der Waals surface area contributed by atoms with Crippen molar-refractivity contribution >= 4 is 17.0 Å². The Hall–Kier alpha value is -2.15. The van der Waals surface area contributed by atoms with Gasteiger partial charge in [0.05, 0.1) is 11.4 Å². The zero-order chi connectivity index (χ0) is 14.9. The summed E-state index contributed by atoms with van der Waals surface area (Å²) in [7, 11) is 0. The molecule has 1 heteroatoms. The van der Waals surface area contributed by atoms with Gasteiger partial charge in [0.15, 0.2) is 0 Å². The Morgan fingerprint density at radius 2 is 1.73 bits per heavy atom. The maximum Gasteiger partial charge on any atom is 0.0669 e. The Kier molecular flexibility index (Phi) is 3.42. The number of hydrogen-bond donors (Lipinski definition) is 0. The predicted octanol–water partition coefficient (Wildman–Crippen LogP) is 5.63. The van der Waals surface area contributed by atoms with E-state index in [0.29, 0.717) is 0 Å². The van der Waals surface area contributed by atoms with E-state index in [4.69, 9.17) is 4.99 Å². The number of nitrogens with zero attached hydrogens (tertiary/aromatic N) is 1. The lowest BCUT2D eigenvalue weighted by atomic mass is 9.92. The lowest BCUT2D eigenvalue weighted by Crippen LogP contribution is -2.01. The van der Waals surface area contributed by atoms with E-state index in [1.807, 2.05) is 0 Å². The lowest BCUT2D eigenvalue weighted by molar-refractivity contribution is 0.742. The van der Waals surface area contributed by atoms with Gasteiger partial charge in [-0.1, -0.05) is 48.0 Å². The molecular formula is C21H21N. The minimum Gasteiger partial charge on any atom is -0.252 e. The predicted molar refractivity (Wildman–Crippen MR) is 94.0 cm³/mol. The Bertz CT molecular complexity index is 763. The molecule has 2 aromatic rings. The number of aryl methyl sites for hydroxylation is 1. The van der Waals surface area contributed by atoms with Crippen LogP contribution in [0.2, 0.25) is 0 Å². The van der Waals surface area contributed by atoms with E-state index in [9.17, 15) is 0 Å². The highest BCUT2D eigenvalue weighted by molar-refractivity contribution is 6.06. The second-order valence-corrected chi connectivity index (χ2v) is 6.42. The van der Waals surface area contributed by atoms with E-state index in [1.165, 1.54) is 59.2 Å². The highest BCUT2D eigenvalue weighted by atomic mass is 14.8. The summed E-state index contributed by atoms with van der Waals surface area (Å²) < 4.78 is 0. The van der Waals surface area contributed by atoms with Crippen molar-refractivity contribution in [2.24, 2.45) is 4.99 Å². The molecule has 0 radical (unpaired) electrons. The smallest absolute Gasteiger partial charge is 0.0669 e. The van der Waals surface area contributed by atoms with Crippen molar-refractivity contribution in [1.29, 1.82) is 0 Å². The molecule has 0 unspecified atom stereocenters. The fourth-order valence-corrected chi connectivity index (χ4v) is 3.47. The molecule has 2 aliphatic rings. The minimum absolute atomic E-state index is 0.957. The minimum atomic E-state index is 0.957. The van der Waals surface area contributed by atoms with Crippen molar-refractivity contribution in [3.8, 4) is 0 Å². The first-order chi connectivity index (χ1) is 10.8. The molecule has 0 fully saturated rings. The lowest BCUT2D eigenvalue weighted by Gasteiger charge is -2.13. The van der Waals surface area contributed by atoms with Crippen LogP contribution in [0.5, 0.6) is 0 Å². The molecular weight excluding hydrogens is 266 g/mol. The highest BCUT2D eigenvalue weighted by Crippen LogP contribution is 2.31. The Balaban J connectivity index is 1.59. The van der Waals surface area contributed by atoms with Gasteiger partial charge >= 0.3 is 0 Å². The monoisotopic (exact) mass is 287 g/mol. The van der Waals surface area contributed by atoms with Crippen molar-refractivity contribution in [3.05, 3.63) is 70.8 Å². The average Bonchev–Trinajstić information content (AvgIpc) is 2.99. The Morgan fingerprint density at radius 1 is 0.909 bits per heavy atom. The summed E-state index contributed by atoms with van der Waals surface area (Å²) in [5.41, 5.74) is 9.17. The summed E-state index contributed by atoms with van der Waals surface area (Å²) in [4.78, 5) is 4.81. The van der Waals surface area contributed by atoms with Crippen molar-refractivity contribution < 1.29 is 0 Å². The summed E-state index contributed by atoms with van der Waals surface area (Å²) in [6.45, 7) is 2.14. The number of benzene rings is 2. The van der Waals surface area contributed by atoms with Crippen LogP contribution in [0.15, 0.2) is 53.5 Å². The third kappa shape index (κ3) is 2.52. The topological polar surface area (TPSA) is 12.4 Å². The van der Waals surface area contributed by atoms with Crippen molar-refractivity contribution in [1.82, 2.24) is 0 Å². The second kappa shape index (κ2) is 5.57. The van der Waals surface area contributed by atoms with Crippen LogP contribution < -0.4 is 0 Å². The molecule has 0 N–H and O–H groups in total. The second-order valence-electron chi connectivity index (χ2n) is 6.42. The van der Waals surface area contributed by atoms with E-state index in [-0.39, 0.29) is 0 Å². The van der Waals surface area contributed by atoms with Crippen molar-refractivity contribution in [3.63, 3.8) is 0 Å². The first kappa shape index (κ1) is 13.5. The number of rotatable bonds is 2. The largest absolute Gasteiger partial charge is 0.252 e. The summed E-state index contributed by atoms with van der Waals surface area (Å²) >= 11 is 0. The molecule has 1 aliphatic carbocycles. The molecule has 1 heterocycles. The van der Waals surface area contributed by atoms with Crippen LogP contribution in [0.4, 0.5) is 5.69 Å². The average molecular weight is 287 g/mol. The van der Waals surface area contributed by atoms with Gasteiger partial charge in [0.1, 0.15) is 0 Å². The first-order valence-electron chi connectivity index (χ1n) is 8.26. The molecule has 0 aromatic heterocycles. The molecule has 0 amide bonds. The molecule has 2 aromatic carbocycles. The van der Waals surface area contributed by atoms with Crippen LogP contribution in [0.3, 0.4) is 0 Å². The van der Waals surface area contributed by atoms with Gasteiger partial charge in [-0.2, -0.15) is 0 Å². The van der Waals surface area contributed by atoms with Gasteiger partial charge in [-0.3, -0.25) is 4.99 Å². The zero-order valence-corrected chi connectivity index (χ0v) is 13.1. The molecule has 110 valence electrons. The molecule has 0 saturated carbocycles. The highest BCUT2D eigenvalue weighted by Gasteiger charge is 2.16. The SMILES string of the molecule is Cc1ccc2c(c1)CC(c1ccc(C3=CCCCC3)cc1)=N2. The summed E-state index contributed by atoms with van der Waals surface area (Å²) in [5, 5.41) is 0. The third-order valence-corrected chi connectivity index (χ3v) is 4.73. The van der Waals surface area contributed by atoms with E-state index < -0.39 is 0 Å². The van der Waals surface area contributed by atoms with Gasteiger partial charge in [-0.05, 0) is 60.9 Å². The molecule has 0 bridgehead atoms. The van der Waals surface area contributed by atoms with Crippen molar-refractivity contribution in [2.45, 2.75) is 39.0 Å². The van der Waals surface area contributed by atoms with Gasteiger partial charge in [0, 0.05) is 6.42 Å². The Morgan fingerprint density at radius 3 is 2.50 bits per heavy atom. The van der Waals surface area contributed by atoms with Crippen LogP contribution >= 0.6 is 0 Å². The van der Waals surface area contributed by atoms with Crippen LogP contribution in [0, 0.1) is 6.92 Å². The first-order valence-corrected chi connectivity index (χ1v) is 8.26. The van der Waals surface area contributed by atoms with Crippen LogP contribution in [0.25, 0.3) is 5.57 Å². The third-order valence-electron chi connectivity index (χ3n) is 4.73. The molecule has 0 spiro atoms. The molecule has 22 heavy (non-hydrogen) atoms. The van der Waals surface area contributed by atoms with Gasteiger partial charge in [0.25, 0.3) is 0 Å². The van der Waals surface area contributed by atoms with Gasteiger partial charge < -0.3 is 0 Å². The van der Waals surface area contributed by atoms with Gasteiger partial charge in [-0.25, -0.2) is 0 Å². The number of hydrogen-bond acceptors (Lipinski definition) is 1. The van der Waals surface area contributed by atoms with Gasteiger partial charge in [-0.15, -0.1) is 0 Å². The number of fused-ring (bicyclic) bond motifs is 1. The quantitative estimate of drug-likeness (QED) is 0.679.